The highest BCUT2D eigenvalue weighted by Crippen LogP contribution is 2.39. The zero-order valence-electron chi connectivity index (χ0n) is 14.5. The van der Waals surface area contributed by atoms with Crippen LogP contribution in [0, 0.1) is 5.92 Å². The molecule has 0 saturated heterocycles. The summed E-state index contributed by atoms with van der Waals surface area (Å²) >= 11 is 0. The van der Waals surface area contributed by atoms with Crippen LogP contribution in [0.5, 0.6) is 0 Å². The van der Waals surface area contributed by atoms with Gasteiger partial charge in [-0.1, -0.05) is 6.07 Å². The molecule has 1 amide bonds. The van der Waals surface area contributed by atoms with E-state index in [-0.39, 0.29) is 11.8 Å². The Morgan fingerprint density at radius 3 is 2.85 bits per heavy atom. The number of nitrogens with one attached hydrogen (secondary N) is 2. The minimum absolute atomic E-state index is 0.0708. The van der Waals surface area contributed by atoms with E-state index in [0.29, 0.717) is 12.4 Å². The summed E-state index contributed by atoms with van der Waals surface area (Å²) in [5.41, 5.74) is 4.28. The summed E-state index contributed by atoms with van der Waals surface area (Å²) in [6, 6.07) is 8.04. The molecule has 0 aliphatic heterocycles. The number of rotatable bonds is 6. The molecule has 6 heteroatoms. The highest BCUT2D eigenvalue weighted by Gasteiger charge is 2.29. The van der Waals surface area contributed by atoms with Crippen LogP contribution >= 0.6 is 0 Å². The monoisotopic (exact) mass is 347 g/mol. The fourth-order valence-electron chi connectivity index (χ4n) is 3.18. The molecule has 0 bridgehead atoms. The third-order valence-electron chi connectivity index (χ3n) is 5.01. The molecule has 3 aromatic heterocycles. The van der Waals surface area contributed by atoms with Crippen LogP contribution in [-0.2, 0) is 11.3 Å². The van der Waals surface area contributed by atoms with E-state index >= 15 is 0 Å². The van der Waals surface area contributed by atoms with Crippen LogP contribution in [0.1, 0.15) is 42.9 Å². The van der Waals surface area contributed by atoms with Crippen LogP contribution in [0.25, 0.3) is 5.65 Å². The molecule has 0 aromatic carbocycles. The molecule has 2 aliphatic rings. The second kappa shape index (κ2) is 6.12. The number of carbonyl (C=O) groups excluding carboxylic acids is 1. The Balaban J connectivity index is 1.26. The summed E-state index contributed by atoms with van der Waals surface area (Å²) in [5, 5.41) is 6.24. The van der Waals surface area contributed by atoms with Crippen LogP contribution in [0.15, 0.2) is 42.9 Å². The number of amides is 1. The molecule has 2 aliphatic carbocycles. The Hall–Kier alpha value is -2.89. The molecule has 2 fully saturated rings. The number of hydrogen-bond acceptors (Lipinski definition) is 4. The van der Waals surface area contributed by atoms with Gasteiger partial charge in [-0.25, -0.2) is 9.97 Å². The summed E-state index contributed by atoms with van der Waals surface area (Å²) in [6.45, 7) is 0.625. The molecule has 3 aromatic rings. The lowest BCUT2D eigenvalue weighted by Gasteiger charge is -2.07. The number of carbonyl (C=O) groups is 1. The van der Waals surface area contributed by atoms with Gasteiger partial charge in [0.1, 0.15) is 11.5 Å². The summed E-state index contributed by atoms with van der Waals surface area (Å²) < 4.78 is 2.11. The largest absolute Gasteiger partial charge is 0.379 e. The first kappa shape index (κ1) is 15.4. The molecular weight excluding hydrogens is 326 g/mol. The van der Waals surface area contributed by atoms with Gasteiger partial charge in [0.25, 0.3) is 0 Å². The smallest absolute Gasteiger partial charge is 0.228 e. The van der Waals surface area contributed by atoms with Crippen molar-refractivity contribution in [1.82, 2.24) is 14.4 Å². The van der Waals surface area contributed by atoms with E-state index < -0.39 is 0 Å². The highest BCUT2D eigenvalue weighted by molar-refractivity contribution is 5.93. The maximum absolute atomic E-state index is 11.9. The van der Waals surface area contributed by atoms with E-state index in [1.165, 1.54) is 18.4 Å². The van der Waals surface area contributed by atoms with Gasteiger partial charge in [-0.15, -0.1) is 0 Å². The molecule has 26 heavy (non-hydrogen) atoms. The molecule has 5 rings (SSSR count). The minimum Gasteiger partial charge on any atom is -0.379 e. The van der Waals surface area contributed by atoms with Crippen molar-refractivity contribution in [3.05, 3.63) is 54.1 Å². The number of aromatic nitrogens is 3. The van der Waals surface area contributed by atoms with Crippen LogP contribution in [-0.4, -0.2) is 20.3 Å². The fourth-order valence-corrected chi connectivity index (χ4v) is 3.18. The lowest BCUT2D eigenvalue weighted by molar-refractivity contribution is -0.117. The predicted molar refractivity (Wildman–Crippen MR) is 100 cm³/mol. The molecular formula is C20H21N5O. The van der Waals surface area contributed by atoms with Crippen LogP contribution in [0.4, 0.5) is 11.5 Å². The van der Waals surface area contributed by atoms with Gasteiger partial charge in [0.2, 0.25) is 5.91 Å². The van der Waals surface area contributed by atoms with E-state index in [1.807, 2.05) is 12.1 Å². The van der Waals surface area contributed by atoms with Crippen LogP contribution in [0.3, 0.4) is 0 Å². The van der Waals surface area contributed by atoms with Gasteiger partial charge in [-0.05, 0) is 49.3 Å². The molecule has 6 nitrogen and oxygen atoms in total. The normalized spacial score (nSPS) is 16.6. The molecule has 2 N–H and O–H groups in total. The first-order valence-electron chi connectivity index (χ1n) is 9.23. The van der Waals surface area contributed by atoms with E-state index in [9.17, 15) is 4.79 Å². The Kier molecular flexibility index (Phi) is 3.62. The average Bonchev–Trinajstić information content (AvgIpc) is 3.55. The van der Waals surface area contributed by atoms with Gasteiger partial charge in [0, 0.05) is 36.3 Å². The second-order valence-corrected chi connectivity index (χ2v) is 7.28. The SMILES string of the molecule is O=C(Nc1cc(NCc2cn3cc(C4CC4)ccc3n2)ccn1)C1CC1. The lowest BCUT2D eigenvalue weighted by atomic mass is 10.2. The molecule has 2 saturated carbocycles. The maximum atomic E-state index is 11.9. The number of imidazole rings is 1. The number of anilines is 2. The Morgan fingerprint density at radius 2 is 2.04 bits per heavy atom. The van der Waals surface area contributed by atoms with Gasteiger partial charge in [-0.2, -0.15) is 0 Å². The molecule has 0 unspecified atom stereocenters. The van der Waals surface area contributed by atoms with Gasteiger partial charge in [0.05, 0.1) is 12.2 Å². The van der Waals surface area contributed by atoms with Crippen molar-refractivity contribution in [2.24, 2.45) is 5.92 Å². The topological polar surface area (TPSA) is 71.3 Å². The van der Waals surface area contributed by atoms with Gasteiger partial charge in [-0.3, -0.25) is 4.79 Å². The molecule has 3 heterocycles. The predicted octanol–water partition coefficient (Wildman–Crippen LogP) is 3.57. The van der Waals surface area contributed by atoms with Crippen molar-refractivity contribution in [3.8, 4) is 0 Å². The van der Waals surface area contributed by atoms with Gasteiger partial charge in [0.15, 0.2) is 0 Å². The number of hydrogen-bond donors (Lipinski definition) is 2. The van der Waals surface area contributed by atoms with E-state index in [0.717, 1.165) is 35.8 Å². The summed E-state index contributed by atoms with van der Waals surface area (Å²) in [6.07, 6.45) is 10.6. The molecule has 0 atom stereocenters. The third-order valence-corrected chi connectivity index (χ3v) is 5.01. The number of nitrogens with zero attached hydrogens (tertiary/aromatic N) is 3. The van der Waals surface area contributed by atoms with Crippen molar-refractivity contribution < 1.29 is 4.79 Å². The first-order valence-corrected chi connectivity index (χ1v) is 9.23. The Labute approximate surface area is 151 Å². The zero-order chi connectivity index (χ0) is 17.5. The van der Waals surface area contributed by atoms with E-state index in [4.69, 9.17) is 0 Å². The van der Waals surface area contributed by atoms with E-state index in [2.05, 4.69) is 49.5 Å². The standard InChI is InChI=1S/C20H21N5O/c26-20(14-3-4-14)24-18-9-16(7-8-21-18)22-10-17-12-25-11-15(13-1-2-13)5-6-19(25)23-17/h5-9,11-14H,1-4,10H2,(H2,21,22,24,26). The van der Waals surface area contributed by atoms with Crippen molar-refractivity contribution >= 4 is 23.1 Å². The van der Waals surface area contributed by atoms with Crippen molar-refractivity contribution in [2.45, 2.75) is 38.1 Å². The third kappa shape index (κ3) is 3.27. The minimum atomic E-state index is 0.0708. The zero-order valence-corrected chi connectivity index (χ0v) is 14.5. The number of fused-ring (bicyclic) bond motifs is 1. The van der Waals surface area contributed by atoms with Gasteiger partial charge < -0.3 is 15.0 Å². The van der Waals surface area contributed by atoms with Crippen molar-refractivity contribution in [3.63, 3.8) is 0 Å². The van der Waals surface area contributed by atoms with Gasteiger partial charge >= 0.3 is 0 Å². The van der Waals surface area contributed by atoms with Crippen molar-refractivity contribution in [1.29, 1.82) is 0 Å². The Morgan fingerprint density at radius 1 is 1.15 bits per heavy atom. The summed E-state index contributed by atoms with van der Waals surface area (Å²) in [4.78, 5) is 20.7. The van der Waals surface area contributed by atoms with Crippen molar-refractivity contribution in [2.75, 3.05) is 10.6 Å². The average molecular weight is 347 g/mol. The first-order chi connectivity index (χ1) is 12.7. The maximum Gasteiger partial charge on any atom is 0.228 e. The Bertz CT molecular complexity index is 971. The van der Waals surface area contributed by atoms with E-state index in [1.54, 1.807) is 6.20 Å². The fraction of sp³-hybridized carbons (Fsp3) is 0.350. The summed E-state index contributed by atoms with van der Waals surface area (Å²) in [5.74, 6) is 1.58. The quantitative estimate of drug-likeness (QED) is 0.715. The van der Waals surface area contributed by atoms with Crippen LogP contribution in [0.2, 0.25) is 0 Å². The lowest BCUT2D eigenvalue weighted by Crippen LogP contribution is -2.14. The highest BCUT2D eigenvalue weighted by atomic mass is 16.2. The second-order valence-electron chi connectivity index (χ2n) is 7.28. The molecule has 132 valence electrons. The van der Waals surface area contributed by atoms with Crippen LogP contribution < -0.4 is 10.6 Å². The molecule has 0 spiro atoms. The number of pyridine rings is 2. The molecule has 0 radical (unpaired) electrons. The summed E-state index contributed by atoms with van der Waals surface area (Å²) in [7, 11) is 0.